The Morgan fingerprint density at radius 2 is 1.64 bits per heavy atom. The highest BCUT2D eigenvalue weighted by molar-refractivity contribution is 5.95. The van der Waals surface area contributed by atoms with Gasteiger partial charge in [0.1, 0.15) is 0 Å². The molecule has 0 radical (unpaired) electrons. The molecule has 0 saturated heterocycles. The second kappa shape index (κ2) is 8.28. The van der Waals surface area contributed by atoms with Gasteiger partial charge in [-0.3, -0.25) is 4.79 Å². The van der Waals surface area contributed by atoms with Gasteiger partial charge in [0.05, 0.1) is 6.10 Å². The fourth-order valence-electron chi connectivity index (χ4n) is 2.69. The third-order valence-electron chi connectivity index (χ3n) is 4.73. The van der Waals surface area contributed by atoms with E-state index in [0.717, 1.165) is 36.0 Å². The van der Waals surface area contributed by atoms with Crippen LogP contribution in [0.4, 0.5) is 0 Å². The molecule has 0 aromatic carbocycles. The van der Waals surface area contributed by atoms with Gasteiger partial charge in [0, 0.05) is 6.42 Å². The van der Waals surface area contributed by atoms with Gasteiger partial charge in [-0.2, -0.15) is 0 Å². The van der Waals surface area contributed by atoms with Crippen LogP contribution in [-0.2, 0) is 4.79 Å². The maximum Gasteiger partial charge on any atom is 0.158 e. The van der Waals surface area contributed by atoms with Gasteiger partial charge in [-0.05, 0) is 69.9 Å². The minimum absolute atomic E-state index is 0.231. The molecule has 0 fully saturated rings. The first-order chi connectivity index (χ1) is 10.2. The first kappa shape index (κ1) is 18.6. The summed E-state index contributed by atoms with van der Waals surface area (Å²) in [4.78, 5) is 11.2. The standard InChI is InChI=1S/C10H16O.C10H14O/c2*1-7(2)9-5-4-8(3)10(11)6-9/h4,9-11H,1,5-6H2,2-3H3;4,9H,1,5-6H2,2-3H3/t9-,10-;9-/m11/s1. The van der Waals surface area contributed by atoms with E-state index in [1.807, 2.05) is 33.8 Å². The van der Waals surface area contributed by atoms with Crippen LogP contribution in [0.15, 0.2) is 47.6 Å². The largest absolute Gasteiger partial charge is 0.389 e. The van der Waals surface area contributed by atoms with E-state index < -0.39 is 0 Å². The van der Waals surface area contributed by atoms with Gasteiger partial charge in [-0.1, -0.05) is 36.5 Å². The molecule has 0 aliphatic heterocycles. The normalized spacial score (nSPS) is 28.0. The van der Waals surface area contributed by atoms with Gasteiger partial charge in [0.25, 0.3) is 0 Å². The maximum absolute atomic E-state index is 11.2. The molecule has 0 aromatic rings. The molecule has 0 aromatic heterocycles. The lowest BCUT2D eigenvalue weighted by atomic mass is 9.84. The number of Topliss-reactive ketones (excluding diaryl/α,β-unsaturated/α-hetero) is 1. The van der Waals surface area contributed by atoms with E-state index >= 15 is 0 Å². The summed E-state index contributed by atoms with van der Waals surface area (Å²) in [5, 5.41) is 9.49. The molecule has 0 saturated carbocycles. The SMILES string of the molecule is C=C(C)[C@@H]1CC=C(C)C(=O)C1.C=C(C)[C@@H]1CC=C(C)[C@H](O)C1. The summed E-state index contributed by atoms with van der Waals surface area (Å²) in [6.07, 6.45) is 7.48. The summed E-state index contributed by atoms with van der Waals surface area (Å²) in [7, 11) is 0. The Morgan fingerprint density at radius 1 is 1.09 bits per heavy atom. The Bertz CT molecular complexity index is 508. The predicted molar refractivity (Wildman–Crippen MR) is 93.6 cm³/mol. The molecule has 0 amide bonds. The third-order valence-corrected chi connectivity index (χ3v) is 4.73. The molecule has 122 valence electrons. The molecule has 22 heavy (non-hydrogen) atoms. The molecular weight excluding hydrogens is 272 g/mol. The molecule has 2 aliphatic rings. The summed E-state index contributed by atoms with van der Waals surface area (Å²) >= 11 is 0. The lowest BCUT2D eigenvalue weighted by Crippen LogP contribution is -2.19. The monoisotopic (exact) mass is 302 g/mol. The van der Waals surface area contributed by atoms with Gasteiger partial charge in [0.2, 0.25) is 0 Å². The Labute approximate surface area is 135 Å². The third kappa shape index (κ3) is 5.42. The minimum Gasteiger partial charge on any atom is -0.389 e. The van der Waals surface area contributed by atoms with E-state index in [4.69, 9.17) is 0 Å². The van der Waals surface area contributed by atoms with E-state index in [2.05, 4.69) is 19.2 Å². The smallest absolute Gasteiger partial charge is 0.158 e. The first-order valence-corrected chi connectivity index (χ1v) is 8.07. The maximum atomic E-state index is 11.2. The van der Waals surface area contributed by atoms with Crippen LogP contribution in [0.5, 0.6) is 0 Å². The fourth-order valence-corrected chi connectivity index (χ4v) is 2.69. The second-order valence-electron chi connectivity index (χ2n) is 6.77. The highest BCUT2D eigenvalue weighted by Crippen LogP contribution is 2.28. The van der Waals surface area contributed by atoms with Crippen molar-refractivity contribution in [3.63, 3.8) is 0 Å². The number of ketones is 1. The zero-order chi connectivity index (χ0) is 16.9. The highest BCUT2D eigenvalue weighted by Gasteiger charge is 2.20. The quantitative estimate of drug-likeness (QED) is 0.746. The van der Waals surface area contributed by atoms with Crippen molar-refractivity contribution >= 4 is 5.78 Å². The summed E-state index contributed by atoms with van der Waals surface area (Å²) in [5.41, 5.74) is 4.35. The molecule has 2 rings (SSSR count). The van der Waals surface area contributed by atoms with E-state index in [1.165, 1.54) is 5.57 Å². The van der Waals surface area contributed by atoms with Gasteiger partial charge < -0.3 is 5.11 Å². The second-order valence-corrected chi connectivity index (χ2v) is 6.77. The van der Waals surface area contributed by atoms with Crippen molar-refractivity contribution in [1.82, 2.24) is 0 Å². The molecule has 1 N–H and O–H groups in total. The topological polar surface area (TPSA) is 37.3 Å². The van der Waals surface area contributed by atoms with Crippen LogP contribution in [0.1, 0.15) is 53.4 Å². The number of rotatable bonds is 2. The Hall–Kier alpha value is -1.41. The van der Waals surface area contributed by atoms with Gasteiger partial charge >= 0.3 is 0 Å². The lowest BCUT2D eigenvalue weighted by molar-refractivity contribution is -0.116. The molecular formula is C20H30O2. The van der Waals surface area contributed by atoms with E-state index in [1.54, 1.807) is 0 Å². The molecule has 0 bridgehead atoms. The van der Waals surface area contributed by atoms with Crippen LogP contribution in [0.25, 0.3) is 0 Å². The summed E-state index contributed by atoms with van der Waals surface area (Å²) in [6.45, 7) is 15.7. The lowest BCUT2D eigenvalue weighted by Gasteiger charge is -2.24. The molecule has 3 atom stereocenters. The van der Waals surface area contributed by atoms with Gasteiger partial charge in [-0.25, -0.2) is 0 Å². The predicted octanol–water partition coefficient (Wildman–Crippen LogP) is 4.77. The summed E-state index contributed by atoms with van der Waals surface area (Å²) in [6, 6.07) is 0. The molecule has 2 heteroatoms. The molecule has 2 aliphatic carbocycles. The molecule has 0 heterocycles. The van der Waals surface area contributed by atoms with E-state index in [9.17, 15) is 9.90 Å². The summed E-state index contributed by atoms with van der Waals surface area (Å²) < 4.78 is 0. The van der Waals surface area contributed by atoms with Crippen molar-refractivity contribution in [2.75, 3.05) is 0 Å². The number of hydrogen-bond acceptors (Lipinski definition) is 2. The highest BCUT2D eigenvalue weighted by atomic mass is 16.3. The van der Waals surface area contributed by atoms with Crippen LogP contribution in [-0.4, -0.2) is 17.0 Å². The van der Waals surface area contributed by atoms with Crippen LogP contribution in [0.2, 0.25) is 0 Å². The number of allylic oxidation sites excluding steroid dienone is 5. The minimum atomic E-state index is -0.231. The summed E-state index contributed by atoms with van der Waals surface area (Å²) in [5.74, 6) is 1.17. The van der Waals surface area contributed by atoms with Crippen molar-refractivity contribution in [2.45, 2.75) is 59.5 Å². The zero-order valence-corrected chi connectivity index (χ0v) is 14.5. The average molecular weight is 302 g/mol. The van der Waals surface area contributed by atoms with Gasteiger partial charge in [0.15, 0.2) is 5.78 Å². The van der Waals surface area contributed by atoms with Crippen LogP contribution >= 0.6 is 0 Å². The van der Waals surface area contributed by atoms with Crippen molar-refractivity contribution in [3.8, 4) is 0 Å². The number of aliphatic hydroxyl groups is 1. The number of carbonyl (C=O) groups is 1. The molecule has 0 spiro atoms. The van der Waals surface area contributed by atoms with E-state index in [0.29, 0.717) is 18.3 Å². The molecule has 0 unspecified atom stereocenters. The Kier molecular flexibility index (Phi) is 7.02. The average Bonchev–Trinajstić information content (AvgIpc) is 2.45. The number of carbonyl (C=O) groups excluding carboxylic acids is 1. The van der Waals surface area contributed by atoms with Gasteiger partial charge in [-0.15, -0.1) is 0 Å². The van der Waals surface area contributed by atoms with Crippen LogP contribution in [0.3, 0.4) is 0 Å². The van der Waals surface area contributed by atoms with Crippen molar-refractivity contribution in [1.29, 1.82) is 0 Å². The first-order valence-electron chi connectivity index (χ1n) is 8.07. The van der Waals surface area contributed by atoms with Crippen molar-refractivity contribution < 1.29 is 9.90 Å². The van der Waals surface area contributed by atoms with E-state index in [-0.39, 0.29) is 11.9 Å². The van der Waals surface area contributed by atoms with Crippen molar-refractivity contribution in [3.05, 3.63) is 47.6 Å². The zero-order valence-electron chi connectivity index (χ0n) is 14.5. The number of aliphatic hydroxyl groups excluding tert-OH is 1. The fraction of sp³-hybridized carbons (Fsp3) is 0.550. The molecule has 2 nitrogen and oxygen atoms in total. The Balaban J connectivity index is 0.000000220. The number of hydrogen-bond donors (Lipinski definition) is 1. The van der Waals surface area contributed by atoms with Crippen molar-refractivity contribution in [2.24, 2.45) is 11.8 Å². The Morgan fingerprint density at radius 3 is 2.09 bits per heavy atom. The van der Waals surface area contributed by atoms with Crippen LogP contribution in [0, 0.1) is 11.8 Å². The van der Waals surface area contributed by atoms with Crippen LogP contribution < -0.4 is 0 Å².